The van der Waals surface area contributed by atoms with Gasteiger partial charge >= 0.3 is 5.97 Å². The molecule has 82 valence electrons. The van der Waals surface area contributed by atoms with E-state index in [-0.39, 0.29) is 5.92 Å². The summed E-state index contributed by atoms with van der Waals surface area (Å²) < 4.78 is 17.9. The largest absolute Gasteiger partial charge is 0.462 e. The summed E-state index contributed by atoms with van der Waals surface area (Å²) in [5, 5.41) is 0. The second-order valence-electron chi connectivity index (χ2n) is 3.61. The van der Waals surface area contributed by atoms with Gasteiger partial charge in [-0.15, -0.1) is 0 Å². The highest BCUT2D eigenvalue weighted by Crippen LogP contribution is 2.21. The van der Waals surface area contributed by atoms with Crippen LogP contribution in [0.5, 0.6) is 0 Å². The maximum Gasteiger partial charge on any atom is 0.338 e. The summed E-state index contributed by atoms with van der Waals surface area (Å²) in [5.74, 6) is -0.701. The molecule has 0 heterocycles. The molecule has 1 rings (SSSR count). The van der Waals surface area contributed by atoms with Crippen molar-refractivity contribution in [1.29, 1.82) is 0 Å². The van der Waals surface area contributed by atoms with Crippen molar-refractivity contribution in [2.75, 3.05) is 6.61 Å². The molecule has 15 heavy (non-hydrogen) atoms. The summed E-state index contributed by atoms with van der Waals surface area (Å²) in [6.45, 7) is 5.94. The van der Waals surface area contributed by atoms with Gasteiger partial charge in [0.25, 0.3) is 0 Å². The summed E-state index contributed by atoms with van der Waals surface area (Å²) in [4.78, 5) is 11.5. The van der Waals surface area contributed by atoms with Crippen LogP contribution in [0, 0.1) is 5.82 Å². The van der Waals surface area contributed by atoms with Crippen molar-refractivity contribution in [3.63, 3.8) is 0 Å². The molecule has 0 fully saturated rings. The highest BCUT2D eigenvalue weighted by Gasteiger charge is 2.15. The van der Waals surface area contributed by atoms with Crippen LogP contribution in [0.4, 0.5) is 4.39 Å². The van der Waals surface area contributed by atoms with Crippen LogP contribution in [-0.4, -0.2) is 12.6 Å². The first-order chi connectivity index (χ1) is 7.06. The zero-order valence-corrected chi connectivity index (χ0v) is 9.21. The molecule has 0 saturated heterocycles. The SMILES string of the molecule is CCOC(=O)c1cc(F)ccc1C(C)C. The minimum atomic E-state index is -0.458. The third-order valence-electron chi connectivity index (χ3n) is 2.13. The number of rotatable bonds is 3. The molecular weight excluding hydrogens is 195 g/mol. The predicted octanol–water partition coefficient (Wildman–Crippen LogP) is 3.13. The zero-order chi connectivity index (χ0) is 11.4. The smallest absolute Gasteiger partial charge is 0.338 e. The Balaban J connectivity index is 3.12. The molecule has 1 aromatic carbocycles. The van der Waals surface area contributed by atoms with E-state index in [0.29, 0.717) is 12.2 Å². The lowest BCUT2D eigenvalue weighted by molar-refractivity contribution is 0.0524. The summed E-state index contributed by atoms with van der Waals surface area (Å²) in [6, 6.07) is 4.22. The highest BCUT2D eigenvalue weighted by molar-refractivity contribution is 5.91. The van der Waals surface area contributed by atoms with Crippen molar-refractivity contribution in [2.45, 2.75) is 26.7 Å². The number of hydrogen-bond acceptors (Lipinski definition) is 2. The first-order valence-corrected chi connectivity index (χ1v) is 5.02. The van der Waals surface area contributed by atoms with Crippen LogP contribution in [0.1, 0.15) is 42.6 Å². The van der Waals surface area contributed by atoms with Gasteiger partial charge in [0.1, 0.15) is 5.82 Å². The molecule has 0 aliphatic carbocycles. The monoisotopic (exact) mass is 210 g/mol. The lowest BCUT2D eigenvalue weighted by Crippen LogP contribution is -2.09. The molecule has 3 heteroatoms. The fourth-order valence-electron chi connectivity index (χ4n) is 1.42. The third kappa shape index (κ3) is 2.78. The van der Waals surface area contributed by atoms with E-state index in [9.17, 15) is 9.18 Å². The highest BCUT2D eigenvalue weighted by atomic mass is 19.1. The standard InChI is InChI=1S/C12H15FO2/c1-4-15-12(14)11-7-9(13)5-6-10(11)8(2)3/h5-8H,4H2,1-3H3. The van der Waals surface area contributed by atoms with Crippen LogP contribution in [0.15, 0.2) is 18.2 Å². The van der Waals surface area contributed by atoms with E-state index < -0.39 is 11.8 Å². The lowest BCUT2D eigenvalue weighted by atomic mass is 9.97. The number of ether oxygens (including phenoxy) is 1. The van der Waals surface area contributed by atoms with Crippen molar-refractivity contribution >= 4 is 5.97 Å². The van der Waals surface area contributed by atoms with Crippen molar-refractivity contribution in [3.8, 4) is 0 Å². The number of esters is 1. The van der Waals surface area contributed by atoms with Gasteiger partial charge in [0.15, 0.2) is 0 Å². The number of hydrogen-bond donors (Lipinski definition) is 0. The van der Waals surface area contributed by atoms with E-state index in [2.05, 4.69) is 0 Å². The molecular formula is C12H15FO2. The number of benzene rings is 1. The predicted molar refractivity (Wildman–Crippen MR) is 56.4 cm³/mol. The van der Waals surface area contributed by atoms with Gasteiger partial charge in [0.2, 0.25) is 0 Å². The first kappa shape index (κ1) is 11.7. The molecule has 0 radical (unpaired) electrons. The van der Waals surface area contributed by atoms with Crippen molar-refractivity contribution in [1.82, 2.24) is 0 Å². The maximum atomic E-state index is 13.0. The van der Waals surface area contributed by atoms with Crippen LogP contribution < -0.4 is 0 Å². The Labute approximate surface area is 89.1 Å². The normalized spacial score (nSPS) is 10.5. The molecule has 0 aliphatic heterocycles. The van der Waals surface area contributed by atoms with Crippen LogP contribution in [-0.2, 0) is 4.74 Å². The molecule has 0 spiro atoms. The molecule has 0 bridgehead atoms. The Hall–Kier alpha value is -1.38. The molecule has 0 saturated carbocycles. The van der Waals surface area contributed by atoms with Gasteiger partial charge in [-0.25, -0.2) is 9.18 Å². The lowest BCUT2D eigenvalue weighted by Gasteiger charge is -2.11. The van der Waals surface area contributed by atoms with Gasteiger partial charge in [-0.3, -0.25) is 0 Å². The van der Waals surface area contributed by atoms with E-state index in [1.54, 1.807) is 13.0 Å². The Kier molecular flexibility index (Phi) is 3.83. The maximum absolute atomic E-state index is 13.0. The van der Waals surface area contributed by atoms with E-state index >= 15 is 0 Å². The van der Waals surface area contributed by atoms with Crippen LogP contribution in [0.3, 0.4) is 0 Å². The van der Waals surface area contributed by atoms with E-state index in [1.807, 2.05) is 13.8 Å². The molecule has 0 aliphatic rings. The molecule has 0 N–H and O–H groups in total. The molecule has 1 aromatic rings. The number of halogens is 1. The summed E-state index contributed by atoms with van der Waals surface area (Å²) in [7, 11) is 0. The number of carbonyl (C=O) groups is 1. The van der Waals surface area contributed by atoms with Crippen molar-refractivity contribution in [3.05, 3.63) is 35.1 Å². The third-order valence-corrected chi connectivity index (χ3v) is 2.13. The summed E-state index contributed by atoms with van der Waals surface area (Å²) in [6.07, 6.45) is 0. The summed E-state index contributed by atoms with van der Waals surface area (Å²) in [5.41, 5.74) is 1.14. The van der Waals surface area contributed by atoms with Gasteiger partial charge < -0.3 is 4.74 Å². The average Bonchev–Trinajstić information content (AvgIpc) is 2.17. The Morgan fingerprint density at radius 1 is 1.47 bits per heavy atom. The zero-order valence-electron chi connectivity index (χ0n) is 9.21. The molecule has 0 amide bonds. The fourth-order valence-corrected chi connectivity index (χ4v) is 1.42. The molecule has 2 nitrogen and oxygen atoms in total. The molecule has 0 aromatic heterocycles. The van der Waals surface area contributed by atoms with E-state index in [4.69, 9.17) is 4.74 Å². The van der Waals surface area contributed by atoms with Gasteiger partial charge in [-0.2, -0.15) is 0 Å². The van der Waals surface area contributed by atoms with Crippen molar-refractivity contribution < 1.29 is 13.9 Å². The molecule has 0 unspecified atom stereocenters. The van der Waals surface area contributed by atoms with E-state index in [1.165, 1.54) is 12.1 Å². The van der Waals surface area contributed by atoms with Gasteiger partial charge in [-0.1, -0.05) is 19.9 Å². The van der Waals surface area contributed by atoms with Crippen molar-refractivity contribution in [2.24, 2.45) is 0 Å². The van der Waals surface area contributed by atoms with Gasteiger partial charge in [0, 0.05) is 0 Å². The van der Waals surface area contributed by atoms with E-state index in [0.717, 1.165) is 5.56 Å². The molecule has 0 atom stereocenters. The average molecular weight is 210 g/mol. The topological polar surface area (TPSA) is 26.3 Å². The first-order valence-electron chi connectivity index (χ1n) is 5.02. The summed E-state index contributed by atoms with van der Waals surface area (Å²) >= 11 is 0. The van der Waals surface area contributed by atoms with Crippen LogP contribution >= 0.6 is 0 Å². The second-order valence-corrected chi connectivity index (χ2v) is 3.61. The minimum absolute atomic E-state index is 0.171. The second kappa shape index (κ2) is 4.91. The van der Waals surface area contributed by atoms with Gasteiger partial charge in [-0.05, 0) is 30.5 Å². The van der Waals surface area contributed by atoms with Gasteiger partial charge in [0.05, 0.1) is 12.2 Å². The Bertz CT molecular complexity index is 359. The minimum Gasteiger partial charge on any atom is -0.462 e. The number of carbonyl (C=O) groups excluding carboxylic acids is 1. The van der Waals surface area contributed by atoms with Crippen LogP contribution in [0.25, 0.3) is 0 Å². The van der Waals surface area contributed by atoms with Crippen LogP contribution in [0.2, 0.25) is 0 Å². The Morgan fingerprint density at radius 2 is 2.13 bits per heavy atom. The quantitative estimate of drug-likeness (QED) is 0.716. The Morgan fingerprint density at radius 3 is 2.67 bits per heavy atom. The fraction of sp³-hybridized carbons (Fsp3) is 0.417.